The fourth-order valence-corrected chi connectivity index (χ4v) is 3.71. The molecule has 1 fully saturated rings. The second-order valence-electron chi connectivity index (χ2n) is 5.71. The molecule has 0 radical (unpaired) electrons. The molecule has 1 heterocycles. The van der Waals surface area contributed by atoms with Crippen molar-refractivity contribution in [2.24, 2.45) is 0 Å². The van der Waals surface area contributed by atoms with Crippen LogP contribution in [0.4, 0.5) is 0 Å². The quantitative estimate of drug-likeness (QED) is 0.802. The molecule has 24 heavy (non-hydrogen) atoms. The Morgan fingerprint density at radius 1 is 1.38 bits per heavy atom. The van der Waals surface area contributed by atoms with Crippen molar-refractivity contribution in [1.82, 2.24) is 9.62 Å². The van der Waals surface area contributed by atoms with Gasteiger partial charge in [-0.25, -0.2) is 17.9 Å². The fraction of sp³-hybridized carbons (Fsp3) is 0.467. The maximum Gasteiger partial charge on any atom is 0.329 e. The highest BCUT2D eigenvalue weighted by Crippen LogP contribution is 2.32. The lowest BCUT2D eigenvalue weighted by Crippen LogP contribution is -2.50. The van der Waals surface area contributed by atoms with Crippen LogP contribution in [0, 0.1) is 0 Å². The first kappa shape index (κ1) is 18.2. The number of benzene rings is 1. The maximum absolute atomic E-state index is 12.7. The van der Waals surface area contributed by atoms with E-state index >= 15 is 0 Å². The lowest BCUT2D eigenvalue weighted by atomic mass is 9.98. The molecule has 0 aromatic heterocycles. The predicted molar refractivity (Wildman–Crippen MR) is 85.6 cm³/mol. The molecule has 0 bridgehead atoms. The van der Waals surface area contributed by atoms with Gasteiger partial charge in [-0.3, -0.25) is 4.79 Å². The van der Waals surface area contributed by atoms with Gasteiger partial charge in [0.25, 0.3) is 5.91 Å². The first-order chi connectivity index (χ1) is 11.2. The summed E-state index contributed by atoms with van der Waals surface area (Å²) in [6.07, 6.45) is 0.929. The molecule has 0 aliphatic carbocycles. The summed E-state index contributed by atoms with van der Waals surface area (Å²) in [6.45, 7) is 1.80. The number of hydrogen-bond acceptors (Lipinski definition) is 5. The summed E-state index contributed by atoms with van der Waals surface area (Å²) in [7, 11) is -1.25. The average Bonchev–Trinajstić information content (AvgIpc) is 2.96. The van der Waals surface area contributed by atoms with E-state index in [0.29, 0.717) is 19.4 Å². The number of amides is 1. The Balaban J connectivity index is 2.48. The number of carbonyl (C=O) groups excluding carboxylic acids is 1. The van der Waals surface area contributed by atoms with E-state index in [2.05, 4.69) is 4.72 Å². The molecular formula is C15H20N2O6S. The molecule has 1 aliphatic rings. The van der Waals surface area contributed by atoms with E-state index in [9.17, 15) is 23.1 Å². The zero-order valence-corrected chi connectivity index (χ0v) is 14.5. The summed E-state index contributed by atoms with van der Waals surface area (Å²) in [6, 6.07) is 4.01. The Kier molecular flexibility index (Phi) is 4.86. The molecule has 1 saturated heterocycles. The van der Waals surface area contributed by atoms with Crippen LogP contribution in [-0.4, -0.2) is 56.5 Å². The largest absolute Gasteiger partial charge is 0.495 e. The van der Waals surface area contributed by atoms with Gasteiger partial charge < -0.3 is 14.7 Å². The van der Waals surface area contributed by atoms with E-state index < -0.39 is 27.4 Å². The van der Waals surface area contributed by atoms with Crippen LogP contribution in [0.2, 0.25) is 0 Å². The minimum absolute atomic E-state index is 0.0963. The zero-order valence-electron chi connectivity index (χ0n) is 13.7. The van der Waals surface area contributed by atoms with Gasteiger partial charge in [-0.1, -0.05) is 0 Å². The summed E-state index contributed by atoms with van der Waals surface area (Å²) in [5, 5.41) is 9.42. The topological polar surface area (TPSA) is 113 Å². The second-order valence-corrected chi connectivity index (χ2v) is 7.57. The third kappa shape index (κ3) is 2.96. The standard InChI is InChI=1S/C15H20N2O6S/c1-15(14(19)20)7-4-8-17(15)13(18)10-5-6-11(23-3)12(9-10)24(21,22)16-2/h5-6,9,16H,4,7-8H2,1-3H3,(H,19,20). The summed E-state index contributed by atoms with van der Waals surface area (Å²) in [5.74, 6) is -1.50. The Morgan fingerprint density at radius 2 is 2.04 bits per heavy atom. The van der Waals surface area contributed by atoms with Crippen LogP contribution in [0.15, 0.2) is 23.1 Å². The fourth-order valence-electron chi connectivity index (χ4n) is 2.80. The van der Waals surface area contributed by atoms with Crippen molar-refractivity contribution in [3.63, 3.8) is 0 Å². The second kappa shape index (κ2) is 6.40. The number of nitrogens with one attached hydrogen (secondary N) is 1. The van der Waals surface area contributed by atoms with E-state index in [0.717, 1.165) is 0 Å². The third-order valence-electron chi connectivity index (χ3n) is 4.32. The van der Waals surface area contributed by atoms with Gasteiger partial charge in [-0.2, -0.15) is 0 Å². The number of nitrogens with zero attached hydrogens (tertiary/aromatic N) is 1. The van der Waals surface area contributed by atoms with Crippen molar-refractivity contribution in [3.8, 4) is 5.75 Å². The number of carboxylic acids is 1. The van der Waals surface area contributed by atoms with Crippen molar-refractivity contribution >= 4 is 21.9 Å². The van der Waals surface area contributed by atoms with E-state index in [1.807, 2.05) is 0 Å². The smallest absolute Gasteiger partial charge is 0.329 e. The van der Waals surface area contributed by atoms with Crippen molar-refractivity contribution in [2.45, 2.75) is 30.2 Å². The number of ether oxygens (including phenoxy) is 1. The SMILES string of the molecule is CNS(=O)(=O)c1cc(C(=O)N2CCCC2(C)C(=O)O)ccc1OC. The summed E-state index contributed by atoms with van der Waals surface area (Å²) in [4.78, 5) is 25.4. The van der Waals surface area contributed by atoms with Crippen LogP contribution in [0.1, 0.15) is 30.1 Å². The molecule has 8 nitrogen and oxygen atoms in total. The van der Waals surface area contributed by atoms with Gasteiger partial charge in [0.2, 0.25) is 10.0 Å². The number of sulfonamides is 1. The van der Waals surface area contributed by atoms with Crippen molar-refractivity contribution in [1.29, 1.82) is 0 Å². The molecular weight excluding hydrogens is 336 g/mol. The number of rotatable bonds is 5. The Hall–Kier alpha value is -2.13. The monoisotopic (exact) mass is 356 g/mol. The number of aliphatic carboxylic acids is 1. The molecule has 1 unspecified atom stereocenters. The number of likely N-dealkylation sites (tertiary alicyclic amines) is 1. The highest BCUT2D eigenvalue weighted by atomic mass is 32.2. The van der Waals surface area contributed by atoms with Crippen molar-refractivity contribution < 1.29 is 27.9 Å². The van der Waals surface area contributed by atoms with Gasteiger partial charge in [0, 0.05) is 12.1 Å². The highest BCUT2D eigenvalue weighted by molar-refractivity contribution is 7.89. The molecule has 0 spiro atoms. The number of carboxylic acid groups (broad SMARTS) is 1. The summed E-state index contributed by atoms with van der Waals surface area (Å²) >= 11 is 0. The van der Waals surface area contributed by atoms with E-state index in [1.165, 1.54) is 44.2 Å². The Morgan fingerprint density at radius 3 is 2.58 bits per heavy atom. The molecule has 132 valence electrons. The maximum atomic E-state index is 12.7. The predicted octanol–water partition coefficient (Wildman–Crippen LogP) is 0.683. The van der Waals surface area contributed by atoms with Gasteiger partial charge in [0.1, 0.15) is 16.2 Å². The minimum atomic E-state index is -3.83. The van der Waals surface area contributed by atoms with Crippen LogP contribution in [0.3, 0.4) is 0 Å². The van der Waals surface area contributed by atoms with Gasteiger partial charge in [0.15, 0.2) is 0 Å². The van der Waals surface area contributed by atoms with Crippen LogP contribution in [0.5, 0.6) is 5.75 Å². The molecule has 1 aromatic carbocycles. The van der Waals surface area contributed by atoms with Gasteiger partial charge in [-0.15, -0.1) is 0 Å². The lowest BCUT2D eigenvalue weighted by molar-refractivity contribution is -0.147. The number of methoxy groups -OCH3 is 1. The third-order valence-corrected chi connectivity index (χ3v) is 5.75. The van der Waals surface area contributed by atoms with Gasteiger partial charge in [0.05, 0.1) is 7.11 Å². The molecule has 1 aromatic rings. The van der Waals surface area contributed by atoms with E-state index in [1.54, 1.807) is 0 Å². The zero-order chi connectivity index (χ0) is 18.1. The van der Waals surface area contributed by atoms with E-state index in [4.69, 9.17) is 4.74 Å². The Bertz CT molecular complexity index is 776. The lowest BCUT2D eigenvalue weighted by Gasteiger charge is -2.31. The molecule has 1 aliphatic heterocycles. The first-order valence-corrected chi connectivity index (χ1v) is 8.82. The van der Waals surface area contributed by atoms with Crippen LogP contribution in [-0.2, 0) is 14.8 Å². The minimum Gasteiger partial charge on any atom is -0.495 e. The molecule has 2 rings (SSSR count). The highest BCUT2D eigenvalue weighted by Gasteiger charge is 2.46. The van der Waals surface area contributed by atoms with E-state index in [-0.39, 0.29) is 16.2 Å². The van der Waals surface area contributed by atoms with Crippen LogP contribution in [0.25, 0.3) is 0 Å². The molecule has 2 N–H and O–H groups in total. The van der Waals surface area contributed by atoms with Gasteiger partial charge >= 0.3 is 5.97 Å². The normalized spacial score (nSPS) is 20.9. The average molecular weight is 356 g/mol. The molecule has 1 atom stereocenters. The summed E-state index contributed by atoms with van der Waals surface area (Å²) < 4.78 is 31.4. The van der Waals surface area contributed by atoms with Crippen molar-refractivity contribution in [3.05, 3.63) is 23.8 Å². The number of hydrogen-bond donors (Lipinski definition) is 2. The number of carbonyl (C=O) groups is 2. The molecule has 9 heteroatoms. The summed E-state index contributed by atoms with van der Waals surface area (Å²) in [5.41, 5.74) is -1.20. The Labute approximate surface area is 140 Å². The van der Waals surface area contributed by atoms with Crippen molar-refractivity contribution in [2.75, 3.05) is 20.7 Å². The molecule has 1 amide bonds. The van der Waals surface area contributed by atoms with Gasteiger partial charge in [-0.05, 0) is 45.0 Å². The molecule has 0 saturated carbocycles. The first-order valence-electron chi connectivity index (χ1n) is 7.34. The van der Waals surface area contributed by atoms with Crippen LogP contribution >= 0.6 is 0 Å². The van der Waals surface area contributed by atoms with Crippen LogP contribution < -0.4 is 9.46 Å².